The molecule has 0 spiro atoms. The molecule has 0 N–H and O–H groups in total. The fourth-order valence-electron chi connectivity index (χ4n) is 1.92. The smallest absolute Gasteiger partial charge is 0.501 e. The fourth-order valence-corrected chi connectivity index (χ4v) is 4.55. The highest BCUT2D eigenvalue weighted by molar-refractivity contribution is 6.60. The molecular weight excluding hydrogens is 236 g/mol. The lowest BCUT2D eigenvalue weighted by Crippen LogP contribution is -2.45. The first-order valence-corrected chi connectivity index (χ1v) is 8.41. The second-order valence-corrected chi connectivity index (χ2v) is 6.61. The van der Waals surface area contributed by atoms with Gasteiger partial charge >= 0.3 is 8.80 Å². The van der Waals surface area contributed by atoms with Crippen molar-refractivity contribution in [3.05, 3.63) is 11.8 Å². The highest BCUT2D eigenvalue weighted by Crippen LogP contribution is 2.24. The Hall–Kier alpha value is -0.363. The molecule has 1 heterocycles. The zero-order valence-corrected chi connectivity index (χ0v) is 12.2. The largest absolute Gasteiger partial charge is 0.501 e. The number of hydrogen-bond acceptors (Lipinski definition) is 4. The van der Waals surface area contributed by atoms with Crippen molar-refractivity contribution in [1.82, 2.24) is 0 Å². The molecule has 5 heteroatoms. The third-order valence-electron chi connectivity index (χ3n) is 2.64. The summed E-state index contributed by atoms with van der Waals surface area (Å²) >= 11 is 0. The Bertz CT molecular complexity index is 226. The Morgan fingerprint density at radius 3 is 2.12 bits per heavy atom. The van der Waals surface area contributed by atoms with Gasteiger partial charge in [0.05, 0.1) is 12.9 Å². The Morgan fingerprint density at radius 1 is 1.12 bits per heavy atom. The quantitative estimate of drug-likeness (QED) is 0.597. The Balaban J connectivity index is 2.52. The second kappa shape index (κ2) is 7.87. The summed E-state index contributed by atoms with van der Waals surface area (Å²) in [6.45, 7) is 8.68. The van der Waals surface area contributed by atoms with Crippen molar-refractivity contribution in [1.29, 1.82) is 0 Å². The lowest BCUT2D eigenvalue weighted by molar-refractivity contribution is 0.0714. The van der Waals surface area contributed by atoms with Crippen LogP contribution in [0.25, 0.3) is 0 Å². The predicted octanol–water partition coefficient (Wildman–Crippen LogP) is 2.73. The minimum Gasteiger partial charge on any atom is -0.501 e. The van der Waals surface area contributed by atoms with Crippen molar-refractivity contribution in [3.63, 3.8) is 0 Å². The van der Waals surface area contributed by atoms with Crippen LogP contribution in [0.5, 0.6) is 0 Å². The van der Waals surface area contributed by atoms with Gasteiger partial charge in [0.2, 0.25) is 0 Å². The van der Waals surface area contributed by atoms with Crippen LogP contribution in [0.2, 0.25) is 6.04 Å². The molecule has 0 saturated heterocycles. The molecule has 0 atom stereocenters. The average Bonchev–Trinajstić information content (AvgIpc) is 2.80. The first kappa shape index (κ1) is 14.7. The molecule has 1 aliphatic heterocycles. The minimum atomic E-state index is -2.46. The van der Waals surface area contributed by atoms with Gasteiger partial charge in [0.1, 0.15) is 0 Å². The van der Waals surface area contributed by atoms with E-state index in [1.165, 1.54) is 5.57 Å². The van der Waals surface area contributed by atoms with Crippen molar-refractivity contribution in [3.8, 4) is 0 Å². The van der Waals surface area contributed by atoms with Crippen molar-refractivity contribution in [2.75, 3.05) is 26.4 Å². The first-order valence-electron chi connectivity index (χ1n) is 6.47. The van der Waals surface area contributed by atoms with E-state index < -0.39 is 8.80 Å². The maximum atomic E-state index is 5.80. The summed E-state index contributed by atoms with van der Waals surface area (Å²) in [4.78, 5) is 0. The standard InChI is InChI=1S/C12H24O4Si/c1-4-14-17(15-5-2,16-6-3)10-8-12-7-9-13-11-12/h11H,4-10H2,1-3H3. The van der Waals surface area contributed by atoms with E-state index >= 15 is 0 Å². The van der Waals surface area contributed by atoms with E-state index in [-0.39, 0.29) is 0 Å². The van der Waals surface area contributed by atoms with E-state index in [0.29, 0.717) is 19.8 Å². The second-order valence-electron chi connectivity index (χ2n) is 3.88. The molecular formula is C12H24O4Si. The van der Waals surface area contributed by atoms with Gasteiger partial charge in [0, 0.05) is 32.3 Å². The van der Waals surface area contributed by atoms with Gasteiger partial charge in [-0.1, -0.05) is 0 Å². The number of ether oxygens (including phenoxy) is 1. The van der Waals surface area contributed by atoms with Crippen LogP contribution in [0.15, 0.2) is 11.8 Å². The van der Waals surface area contributed by atoms with Crippen molar-refractivity contribution >= 4 is 8.80 Å². The normalized spacial score (nSPS) is 15.8. The molecule has 0 aromatic carbocycles. The van der Waals surface area contributed by atoms with Crippen molar-refractivity contribution in [2.24, 2.45) is 0 Å². The van der Waals surface area contributed by atoms with Crippen LogP contribution >= 0.6 is 0 Å². The molecule has 0 radical (unpaired) electrons. The van der Waals surface area contributed by atoms with E-state index in [9.17, 15) is 0 Å². The summed E-state index contributed by atoms with van der Waals surface area (Å²) in [5.41, 5.74) is 1.33. The van der Waals surface area contributed by atoms with E-state index in [2.05, 4.69) is 0 Å². The van der Waals surface area contributed by atoms with Crippen LogP contribution in [0.3, 0.4) is 0 Å². The molecule has 1 aliphatic rings. The third kappa shape index (κ3) is 4.79. The van der Waals surface area contributed by atoms with Gasteiger partial charge in [0.25, 0.3) is 0 Å². The maximum absolute atomic E-state index is 5.80. The van der Waals surface area contributed by atoms with Crippen LogP contribution in [0.4, 0.5) is 0 Å². The van der Waals surface area contributed by atoms with Gasteiger partial charge in [-0.3, -0.25) is 0 Å². The summed E-state index contributed by atoms with van der Waals surface area (Å²) in [5.74, 6) is 0. The third-order valence-corrected chi connectivity index (χ3v) is 5.68. The summed E-state index contributed by atoms with van der Waals surface area (Å²) in [6, 6.07) is 0.845. The lowest BCUT2D eigenvalue weighted by atomic mass is 10.2. The molecule has 4 nitrogen and oxygen atoms in total. The monoisotopic (exact) mass is 260 g/mol. The molecule has 0 aromatic heterocycles. The van der Waals surface area contributed by atoms with Gasteiger partial charge in [-0.15, -0.1) is 0 Å². The van der Waals surface area contributed by atoms with Gasteiger partial charge < -0.3 is 18.0 Å². The van der Waals surface area contributed by atoms with E-state index in [1.807, 2.05) is 27.0 Å². The lowest BCUT2D eigenvalue weighted by Gasteiger charge is -2.28. The summed E-state index contributed by atoms with van der Waals surface area (Å²) in [7, 11) is -2.46. The molecule has 1 rings (SSSR count). The maximum Gasteiger partial charge on any atom is 0.501 e. The SMILES string of the molecule is CCO[Si](CCC1=COCC1)(OCC)OCC. The van der Waals surface area contributed by atoms with Crippen LogP contribution in [-0.4, -0.2) is 35.2 Å². The topological polar surface area (TPSA) is 36.9 Å². The average molecular weight is 260 g/mol. The highest BCUT2D eigenvalue weighted by Gasteiger charge is 2.40. The zero-order valence-electron chi connectivity index (χ0n) is 11.2. The van der Waals surface area contributed by atoms with Gasteiger partial charge in [0.15, 0.2) is 0 Å². The summed E-state index contributed by atoms with van der Waals surface area (Å²) in [5, 5.41) is 0. The zero-order chi connectivity index (χ0) is 12.6. The number of hydrogen-bond donors (Lipinski definition) is 0. The first-order chi connectivity index (χ1) is 8.26. The Morgan fingerprint density at radius 2 is 1.71 bits per heavy atom. The predicted molar refractivity (Wildman–Crippen MR) is 68.7 cm³/mol. The Labute approximate surface area is 105 Å². The molecule has 17 heavy (non-hydrogen) atoms. The van der Waals surface area contributed by atoms with Crippen molar-refractivity contribution in [2.45, 2.75) is 39.7 Å². The number of rotatable bonds is 9. The van der Waals surface area contributed by atoms with Gasteiger partial charge in [-0.25, -0.2) is 0 Å². The molecule has 0 aliphatic carbocycles. The molecule has 0 amide bonds. The molecule has 0 saturated carbocycles. The Kier molecular flexibility index (Phi) is 6.80. The molecule has 100 valence electrons. The van der Waals surface area contributed by atoms with Crippen molar-refractivity contribution < 1.29 is 18.0 Å². The van der Waals surface area contributed by atoms with Gasteiger partial charge in [-0.05, 0) is 32.8 Å². The van der Waals surface area contributed by atoms with Crippen LogP contribution in [-0.2, 0) is 18.0 Å². The molecule has 0 unspecified atom stereocenters. The summed E-state index contributed by atoms with van der Waals surface area (Å²) in [6.07, 6.45) is 3.84. The minimum absolute atomic E-state index is 0.641. The fraction of sp³-hybridized carbons (Fsp3) is 0.833. The summed E-state index contributed by atoms with van der Waals surface area (Å²) < 4.78 is 22.6. The highest BCUT2D eigenvalue weighted by atomic mass is 28.4. The van der Waals surface area contributed by atoms with Gasteiger partial charge in [-0.2, -0.15) is 0 Å². The van der Waals surface area contributed by atoms with Crippen LogP contribution < -0.4 is 0 Å². The molecule has 0 fully saturated rings. The van der Waals surface area contributed by atoms with E-state index in [0.717, 1.165) is 25.5 Å². The molecule has 0 aromatic rings. The van der Waals surface area contributed by atoms with Crippen LogP contribution in [0.1, 0.15) is 33.6 Å². The van der Waals surface area contributed by atoms with E-state index in [4.69, 9.17) is 18.0 Å². The molecule has 0 bridgehead atoms. The van der Waals surface area contributed by atoms with E-state index in [1.54, 1.807) is 0 Å². The van der Waals surface area contributed by atoms with Crippen LogP contribution in [0, 0.1) is 0 Å².